The fraction of sp³-hybridized carbons (Fsp3) is 0.286. The number of nitrogens with one attached hydrogen (secondary N) is 4. The van der Waals surface area contributed by atoms with Crippen molar-refractivity contribution < 1.29 is 27.9 Å². The molecule has 2 aromatic carbocycles. The zero-order valence-electron chi connectivity index (χ0n) is 17.2. The van der Waals surface area contributed by atoms with Gasteiger partial charge in [0, 0.05) is 23.5 Å². The predicted molar refractivity (Wildman–Crippen MR) is 114 cm³/mol. The number of hydrogen-bond donors (Lipinski definition) is 6. The number of aliphatic hydroxyl groups is 1. The van der Waals surface area contributed by atoms with Gasteiger partial charge in [0.1, 0.15) is 12.3 Å². The molecule has 0 saturated carbocycles. The van der Waals surface area contributed by atoms with E-state index < -0.39 is 36.0 Å². The lowest BCUT2D eigenvalue weighted by molar-refractivity contribution is -0.137. The van der Waals surface area contributed by atoms with Crippen LogP contribution in [0.4, 0.5) is 24.5 Å². The predicted octanol–water partition coefficient (Wildman–Crippen LogP) is 2.60. The molecule has 0 aliphatic rings. The summed E-state index contributed by atoms with van der Waals surface area (Å²) in [4.78, 5) is 24.3. The molecule has 0 fully saturated rings. The molecular formula is C21H24F3N5O3. The Morgan fingerprint density at radius 1 is 1.12 bits per heavy atom. The topological polar surface area (TPSA) is 140 Å². The Morgan fingerprint density at radius 3 is 2.34 bits per heavy atom. The molecule has 0 spiro atoms. The first-order chi connectivity index (χ1) is 15.0. The van der Waals surface area contributed by atoms with Gasteiger partial charge in [-0.25, -0.2) is 0 Å². The van der Waals surface area contributed by atoms with Crippen LogP contribution in [0, 0.1) is 5.41 Å². The summed E-state index contributed by atoms with van der Waals surface area (Å²) in [5.74, 6) is -1.39. The van der Waals surface area contributed by atoms with Gasteiger partial charge in [-0.2, -0.15) is 13.2 Å². The first kappa shape index (κ1) is 24.7. The van der Waals surface area contributed by atoms with Crippen LogP contribution in [0.2, 0.25) is 0 Å². The van der Waals surface area contributed by atoms with Gasteiger partial charge in [-0.15, -0.1) is 0 Å². The summed E-state index contributed by atoms with van der Waals surface area (Å²) in [6, 6.07) is 8.93. The number of carbonyl (C=O) groups is 2. The molecule has 0 aromatic heterocycles. The van der Waals surface area contributed by atoms with Crippen LogP contribution < -0.4 is 21.7 Å². The second-order valence-corrected chi connectivity index (χ2v) is 6.96. The zero-order chi connectivity index (χ0) is 23.9. The number of anilines is 2. The molecule has 8 nitrogen and oxygen atoms in total. The highest BCUT2D eigenvalue weighted by Gasteiger charge is 2.34. The van der Waals surface area contributed by atoms with E-state index in [0.717, 1.165) is 6.07 Å². The highest BCUT2D eigenvalue weighted by molar-refractivity contribution is 6.04. The van der Waals surface area contributed by atoms with E-state index >= 15 is 0 Å². The Morgan fingerprint density at radius 2 is 1.78 bits per heavy atom. The van der Waals surface area contributed by atoms with Gasteiger partial charge in [-0.05, 0) is 48.9 Å². The molecule has 0 aliphatic carbocycles. The molecule has 0 aliphatic heterocycles. The van der Waals surface area contributed by atoms with Gasteiger partial charge in [0.05, 0.1) is 18.2 Å². The van der Waals surface area contributed by atoms with Crippen LogP contribution in [0.25, 0.3) is 0 Å². The highest BCUT2D eigenvalue weighted by atomic mass is 19.4. The van der Waals surface area contributed by atoms with Crippen molar-refractivity contribution in [1.29, 1.82) is 5.41 Å². The number of nitrogens with two attached hydrogens (primary N) is 1. The molecule has 172 valence electrons. The fourth-order valence-corrected chi connectivity index (χ4v) is 2.87. The van der Waals surface area contributed by atoms with E-state index in [2.05, 4.69) is 16.0 Å². The molecule has 0 radical (unpaired) electrons. The van der Waals surface area contributed by atoms with Crippen molar-refractivity contribution in [1.82, 2.24) is 5.32 Å². The van der Waals surface area contributed by atoms with E-state index in [-0.39, 0.29) is 30.2 Å². The highest BCUT2D eigenvalue weighted by Crippen LogP contribution is 2.36. The lowest BCUT2D eigenvalue weighted by Crippen LogP contribution is -2.30. The molecule has 1 unspecified atom stereocenters. The summed E-state index contributed by atoms with van der Waals surface area (Å²) in [5, 5.41) is 23.7. The van der Waals surface area contributed by atoms with Crippen molar-refractivity contribution in [3.8, 4) is 0 Å². The lowest BCUT2D eigenvalue weighted by atomic mass is 10.0. The van der Waals surface area contributed by atoms with E-state index in [4.69, 9.17) is 16.2 Å². The van der Waals surface area contributed by atoms with E-state index in [1.807, 2.05) is 0 Å². The largest absolute Gasteiger partial charge is 0.418 e. The average Bonchev–Trinajstić information content (AvgIpc) is 2.71. The number of amides is 2. The van der Waals surface area contributed by atoms with Gasteiger partial charge in [-0.3, -0.25) is 15.0 Å². The normalized spacial score (nSPS) is 12.0. The number of alkyl halides is 3. The van der Waals surface area contributed by atoms with E-state index in [9.17, 15) is 22.8 Å². The molecule has 2 amide bonds. The number of amidine groups is 1. The maximum Gasteiger partial charge on any atom is 0.418 e. The summed E-state index contributed by atoms with van der Waals surface area (Å²) >= 11 is 0. The number of carbonyl (C=O) groups excluding carboxylic acids is 2. The zero-order valence-corrected chi connectivity index (χ0v) is 17.2. The van der Waals surface area contributed by atoms with Gasteiger partial charge in [0.2, 0.25) is 11.8 Å². The summed E-state index contributed by atoms with van der Waals surface area (Å²) in [6.45, 7) is 1.14. The summed E-state index contributed by atoms with van der Waals surface area (Å²) in [5.41, 5.74) is 5.35. The first-order valence-electron chi connectivity index (χ1n) is 9.60. The SMILES string of the molecule is CC(NC(=O)CC(=O)Nc1ccc(C(=N)N)cc1)c1ccc(NCCO)c(C(F)(F)F)c1. The molecule has 2 rings (SSSR count). The molecule has 0 heterocycles. The third-order valence-corrected chi connectivity index (χ3v) is 4.45. The van der Waals surface area contributed by atoms with Gasteiger partial charge in [0.15, 0.2) is 0 Å². The van der Waals surface area contributed by atoms with Crippen molar-refractivity contribution in [3.05, 3.63) is 59.2 Å². The summed E-state index contributed by atoms with van der Waals surface area (Å²) in [6.07, 6.45) is -5.16. The maximum atomic E-state index is 13.4. The monoisotopic (exact) mass is 451 g/mol. The number of rotatable bonds is 9. The van der Waals surface area contributed by atoms with Gasteiger partial charge in [-0.1, -0.05) is 6.07 Å². The summed E-state index contributed by atoms with van der Waals surface area (Å²) < 4.78 is 40.1. The quantitative estimate of drug-likeness (QED) is 0.198. The molecule has 32 heavy (non-hydrogen) atoms. The number of halogens is 3. The Kier molecular flexibility index (Phi) is 8.19. The molecule has 1 atom stereocenters. The minimum atomic E-state index is -4.63. The van der Waals surface area contributed by atoms with Crippen molar-refractivity contribution >= 4 is 29.0 Å². The van der Waals surface area contributed by atoms with Crippen LogP contribution in [0.3, 0.4) is 0 Å². The third kappa shape index (κ3) is 6.98. The minimum Gasteiger partial charge on any atom is -0.395 e. The van der Waals surface area contributed by atoms with Gasteiger partial charge in [0.25, 0.3) is 0 Å². The molecular weight excluding hydrogens is 427 g/mol. The molecule has 7 N–H and O–H groups in total. The standard InChI is InChI=1S/C21H24F3N5O3/c1-12(14-4-7-17(27-8-9-30)16(10-14)21(22,23)24)28-18(31)11-19(32)29-15-5-2-13(3-6-15)20(25)26/h2-7,10,12,27,30H,8-9,11H2,1H3,(H3,25,26)(H,28,31)(H,29,32). The van der Waals surface area contributed by atoms with E-state index in [1.165, 1.54) is 43.3 Å². The van der Waals surface area contributed by atoms with E-state index in [0.29, 0.717) is 11.3 Å². The van der Waals surface area contributed by atoms with Crippen molar-refractivity contribution in [3.63, 3.8) is 0 Å². The molecule has 0 bridgehead atoms. The van der Waals surface area contributed by atoms with Crippen molar-refractivity contribution in [2.75, 3.05) is 23.8 Å². The maximum absolute atomic E-state index is 13.4. The summed E-state index contributed by atoms with van der Waals surface area (Å²) in [7, 11) is 0. The Hall–Kier alpha value is -3.60. The van der Waals surface area contributed by atoms with Crippen molar-refractivity contribution in [2.45, 2.75) is 25.6 Å². The lowest BCUT2D eigenvalue weighted by Gasteiger charge is -2.19. The second-order valence-electron chi connectivity index (χ2n) is 6.96. The Labute approximate surface area is 182 Å². The molecule has 0 saturated heterocycles. The van der Waals surface area contributed by atoms with Crippen LogP contribution in [0.15, 0.2) is 42.5 Å². The smallest absolute Gasteiger partial charge is 0.395 e. The Bertz CT molecular complexity index is 978. The van der Waals surface area contributed by atoms with Crippen LogP contribution in [0.1, 0.15) is 36.1 Å². The average molecular weight is 451 g/mol. The number of aliphatic hydroxyl groups excluding tert-OH is 1. The van der Waals surface area contributed by atoms with Crippen LogP contribution in [0.5, 0.6) is 0 Å². The van der Waals surface area contributed by atoms with Crippen LogP contribution in [-0.4, -0.2) is 35.9 Å². The molecule has 11 heteroatoms. The van der Waals surface area contributed by atoms with Crippen LogP contribution in [-0.2, 0) is 15.8 Å². The number of hydrogen-bond acceptors (Lipinski definition) is 5. The molecule has 2 aromatic rings. The first-order valence-corrected chi connectivity index (χ1v) is 9.60. The van der Waals surface area contributed by atoms with E-state index in [1.54, 1.807) is 0 Å². The third-order valence-electron chi connectivity index (χ3n) is 4.45. The number of nitrogen functional groups attached to an aromatic ring is 1. The minimum absolute atomic E-state index is 0.0404. The van der Waals surface area contributed by atoms with Gasteiger partial charge < -0.3 is 26.8 Å². The van der Waals surface area contributed by atoms with Crippen molar-refractivity contribution in [2.24, 2.45) is 5.73 Å². The number of benzene rings is 2. The Balaban J connectivity index is 2.00. The second kappa shape index (κ2) is 10.6. The fourth-order valence-electron chi connectivity index (χ4n) is 2.87. The van der Waals surface area contributed by atoms with Gasteiger partial charge >= 0.3 is 6.18 Å². The van der Waals surface area contributed by atoms with Crippen LogP contribution >= 0.6 is 0 Å².